The minimum absolute atomic E-state index is 0.292. The third-order valence-electron chi connectivity index (χ3n) is 5.94. The molecule has 8 heteroatoms. The molecule has 7 nitrogen and oxygen atoms in total. The van der Waals surface area contributed by atoms with E-state index in [-0.39, 0.29) is 11.9 Å². The van der Waals surface area contributed by atoms with Crippen LogP contribution in [0.2, 0.25) is 0 Å². The molecule has 2 aromatic carbocycles. The minimum Gasteiger partial charge on any atom is -0.497 e. The van der Waals surface area contributed by atoms with Gasteiger partial charge in [-0.3, -0.25) is 4.79 Å². The number of nitrogens with zero attached hydrogens (tertiary/aromatic N) is 1. The number of hydrogen-bond acceptors (Lipinski definition) is 5. The molecule has 1 saturated heterocycles. The summed E-state index contributed by atoms with van der Waals surface area (Å²) >= 11 is 1.49. The van der Waals surface area contributed by atoms with Gasteiger partial charge in [-0.05, 0) is 61.2 Å². The lowest BCUT2D eigenvalue weighted by Crippen LogP contribution is -2.63. The van der Waals surface area contributed by atoms with Crippen molar-refractivity contribution in [2.75, 3.05) is 19.0 Å². The molecule has 0 saturated carbocycles. The number of methoxy groups -OCH3 is 1. The molecule has 1 fully saturated rings. The van der Waals surface area contributed by atoms with E-state index >= 15 is 0 Å². The van der Waals surface area contributed by atoms with Gasteiger partial charge in [-0.1, -0.05) is 24.3 Å². The average Bonchev–Trinajstić information content (AvgIpc) is 3.35. The smallest absolute Gasteiger partial charge is 0.322 e. The zero-order chi connectivity index (χ0) is 23.4. The van der Waals surface area contributed by atoms with Crippen LogP contribution >= 0.6 is 11.3 Å². The Bertz CT molecular complexity index is 1080. The Kier molecular flexibility index (Phi) is 6.67. The first-order chi connectivity index (χ1) is 15.9. The van der Waals surface area contributed by atoms with E-state index < -0.39 is 17.7 Å². The summed E-state index contributed by atoms with van der Waals surface area (Å²) in [7, 11) is 1.59. The lowest BCUT2D eigenvalue weighted by atomic mass is 9.81. The summed E-state index contributed by atoms with van der Waals surface area (Å²) in [5.41, 5.74) is -0.0679. The first-order valence-electron chi connectivity index (χ1n) is 10.7. The van der Waals surface area contributed by atoms with Gasteiger partial charge in [0.1, 0.15) is 5.75 Å². The average molecular weight is 466 g/mol. The van der Waals surface area contributed by atoms with Gasteiger partial charge in [0, 0.05) is 22.7 Å². The molecule has 1 aromatic heterocycles. The number of amides is 3. The molecule has 3 N–H and O–H groups in total. The summed E-state index contributed by atoms with van der Waals surface area (Å²) in [6.07, 6.45) is 0.324. The predicted molar refractivity (Wildman–Crippen MR) is 129 cm³/mol. The number of hydrogen-bond donors (Lipinski definition) is 3. The molecule has 0 radical (unpaired) electrons. The summed E-state index contributed by atoms with van der Waals surface area (Å²) in [4.78, 5) is 28.9. The third-order valence-corrected chi connectivity index (χ3v) is 6.88. The van der Waals surface area contributed by atoms with Gasteiger partial charge in [0.25, 0.3) is 5.91 Å². The van der Waals surface area contributed by atoms with Gasteiger partial charge >= 0.3 is 6.03 Å². The molecule has 172 valence electrons. The number of urea groups is 1. The number of carbonyl (C=O) groups excluding carboxylic acids is 2. The number of carbonyl (C=O) groups is 2. The van der Waals surface area contributed by atoms with Crippen LogP contribution in [0.1, 0.15) is 34.6 Å². The number of thiophene rings is 1. The van der Waals surface area contributed by atoms with Crippen molar-refractivity contribution in [3.63, 3.8) is 0 Å². The topological polar surface area (TPSA) is 90.9 Å². The van der Waals surface area contributed by atoms with E-state index in [2.05, 4.69) is 10.6 Å². The molecule has 3 aromatic rings. The molecule has 0 spiro atoms. The molecular weight excluding hydrogens is 438 g/mol. The maximum Gasteiger partial charge on any atom is 0.322 e. The van der Waals surface area contributed by atoms with Gasteiger partial charge in [-0.2, -0.15) is 0 Å². The first kappa shape index (κ1) is 22.8. The van der Waals surface area contributed by atoms with Gasteiger partial charge in [-0.25, -0.2) is 4.79 Å². The molecule has 3 amide bonds. The fourth-order valence-electron chi connectivity index (χ4n) is 4.08. The zero-order valence-corrected chi connectivity index (χ0v) is 19.3. The molecular formula is C25H27N3O4S. The molecule has 1 aliphatic heterocycles. The fraction of sp³-hybridized carbons (Fsp3) is 0.280. The Morgan fingerprint density at radius 3 is 2.45 bits per heavy atom. The standard InChI is InChI=1S/C25H27N3O4S/c1-25(31)14-15-28(24(30)26-18-10-12-19(32-2)13-11-18)21(20-9-6-16-33-20)22(25)27-23(29)17-7-4-3-5-8-17/h3-13,16,21-22,31H,14-15H2,1-2H3,(H,26,30)(H,27,29). The number of aliphatic hydroxyl groups is 1. The minimum atomic E-state index is -1.20. The number of benzene rings is 2. The third kappa shape index (κ3) is 5.02. The quantitative estimate of drug-likeness (QED) is 0.524. The van der Waals surface area contributed by atoms with Crippen LogP contribution in [0.4, 0.5) is 10.5 Å². The molecule has 3 atom stereocenters. The number of ether oxygens (including phenoxy) is 1. The van der Waals surface area contributed by atoms with E-state index in [0.717, 1.165) is 4.88 Å². The number of anilines is 1. The van der Waals surface area contributed by atoms with Crippen LogP contribution < -0.4 is 15.4 Å². The van der Waals surface area contributed by atoms with Crippen LogP contribution in [0.15, 0.2) is 72.1 Å². The summed E-state index contributed by atoms with van der Waals surface area (Å²) < 4.78 is 5.18. The van der Waals surface area contributed by atoms with Gasteiger partial charge in [0.2, 0.25) is 0 Å². The van der Waals surface area contributed by atoms with Crippen LogP contribution in [0, 0.1) is 0 Å². The Balaban J connectivity index is 1.62. The number of nitrogens with one attached hydrogen (secondary N) is 2. The number of likely N-dealkylation sites (tertiary alicyclic amines) is 1. The van der Waals surface area contributed by atoms with Crippen LogP contribution in [-0.4, -0.2) is 47.2 Å². The second-order valence-corrected chi connectivity index (χ2v) is 9.22. The van der Waals surface area contributed by atoms with Gasteiger partial charge in [0.05, 0.1) is 24.8 Å². The van der Waals surface area contributed by atoms with Crippen molar-refractivity contribution in [1.29, 1.82) is 0 Å². The molecule has 2 heterocycles. The summed E-state index contributed by atoms with van der Waals surface area (Å²) in [6.45, 7) is 2.05. The van der Waals surface area contributed by atoms with E-state index in [1.165, 1.54) is 11.3 Å². The van der Waals surface area contributed by atoms with Crippen molar-refractivity contribution in [3.8, 4) is 5.75 Å². The summed E-state index contributed by atoms with van der Waals surface area (Å²) in [5.74, 6) is 0.405. The van der Waals surface area contributed by atoms with Gasteiger partial charge in [-0.15, -0.1) is 11.3 Å². The van der Waals surface area contributed by atoms with E-state index in [9.17, 15) is 14.7 Å². The lowest BCUT2D eigenvalue weighted by molar-refractivity contribution is -0.0490. The van der Waals surface area contributed by atoms with Crippen molar-refractivity contribution in [2.24, 2.45) is 0 Å². The SMILES string of the molecule is COc1ccc(NC(=O)N2CCC(C)(O)C(NC(=O)c3ccccc3)C2c2cccs2)cc1. The van der Waals surface area contributed by atoms with Crippen LogP contribution in [-0.2, 0) is 0 Å². The van der Waals surface area contributed by atoms with E-state index in [1.807, 2.05) is 23.6 Å². The second-order valence-electron chi connectivity index (χ2n) is 8.24. The predicted octanol–water partition coefficient (Wildman–Crippen LogP) is 4.29. The van der Waals surface area contributed by atoms with Crippen molar-refractivity contribution >= 4 is 29.0 Å². The lowest BCUT2D eigenvalue weighted by Gasteiger charge is -2.48. The summed E-state index contributed by atoms with van der Waals surface area (Å²) in [6, 6.07) is 18.3. The van der Waals surface area contributed by atoms with Crippen LogP contribution in [0.3, 0.4) is 0 Å². The molecule has 4 rings (SSSR count). The normalized spacial score (nSPS) is 22.5. The maximum absolute atomic E-state index is 13.3. The van der Waals surface area contributed by atoms with Gasteiger partial charge in [0.15, 0.2) is 0 Å². The maximum atomic E-state index is 13.3. The second kappa shape index (κ2) is 9.64. The van der Waals surface area contributed by atoms with Crippen LogP contribution in [0.25, 0.3) is 0 Å². The van der Waals surface area contributed by atoms with Crippen molar-refractivity contribution in [3.05, 3.63) is 82.6 Å². The Morgan fingerprint density at radius 2 is 1.82 bits per heavy atom. The van der Waals surface area contributed by atoms with E-state index in [1.54, 1.807) is 67.5 Å². The monoisotopic (exact) mass is 465 g/mol. The van der Waals surface area contributed by atoms with E-state index in [4.69, 9.17) is 4.74 Å². The highest BCUT2D eigenvalue weighted by Crippen LogP contribution is 2.39. The first-order valence-corrected chi connectivity index (χ1v) is 11.6. The van der Waals surface area contributed by atoms with E-state index in [0.29, 0.717) is 30.0 Å². The molecule has 1 aliphatic rings. The molecule has 0 bridgehead atoms. The number of piperidine rings is 1. The molecule has 33 heavy (non-hydrogen) atoms. The fourth-order valence-corrected chi connectivity index (χ4v) is 4.96. The molecule has 3 unspecified atom stereocenters. The summed E-state index contributed by atoms with van der Waals surface area (Å²) in [5, 5.41) is 19.1. The highest BCUT2D eigenvalue weighted by atomic mass is 32.1. The van der Waals surface area contributed by atoms with Crippen molar-refractivity contribution < 1.29 is 19.4 Å². The molecule has 0 aliphatic carbocycles. The Hall–Kier alpha value is -3.36. The zero-order valence-electron chi connectivity index (χ0n) is 18.5. The largest absolute Gasteiger partial charge is 0.497 e. The highest BCUT2D eigenvalue weighted by molar-refractivity contribution is 7.10. The van der Waals surface area contributed by atoms with Crippen molar-refractivity contribution in [2.45, 2.75) is 31.0 Å². The highest BCUT2D eigenvalue weighted by Gasteiger charge is 2.48. The van der Waals surface area contributed by atoms with Crippen molar-refractivity contribution in [1.82, 2.24) is 10.2 Å². The Morgan fingerprint density at radius 1 is 1.09 bits per heavy atom. The van der Waals surface area contributed by atoms with Gasteiger partial charge < -0.3 is 25.4 Å². The van der Waals surface area contributed by atoms with Crippen LogP contribution in [0.5, 0.6) is 5.75 Å². The Labute approximate surface area is 197 Å². The number of rotatable bonds is 5.